The molecule has 0 aliphatic carbocycles. The van der Waals surface area contributed by atoms with Gasteiger partial charge in [-0.3, -0.25) is 4.79 Å². The van der Waals surface area contributed by atoms with Crippen LogP contribution in [0.15, 0.2) is 65.3 Å². The van der Waals surface area contributed by atoms with E-state index in [-0.39, 0.29) is 5.91 Å². The molecule has 1 N–H and O–H groups in total. The third-order valence-corrected chi connectivity index (χ3v) is 5.70. The molecule has 4 aromatic rings. The first-order chi connectivity index (χ1) is 15.5. The van der Waals surface area contributed by atoms with Gasteiger partial charge in [-0.25, -0.2) is 4.68 Å². The molecule has 32 heavy (non-hydrogen) atoms. The van der Waals surface area contributed by atoms with Gasteiger partial charge in [-0.15, -0.1) is 0 Å². The van der Waals surface area contributed by atoms with E-state index in [0.29, 0.717) is 34.9 Å². The van der Waals surface area contributed by atoms with E-state index in [2.05, 4.69) is 16.5 Å². The smallest absolute Gasteiger partial charge is 0.251 e. The third kappa shape index (κ3) is 4.29. The Bertz CT molecular complexity index is 1320. The molecule has 0 saturated heterocycles. The predicted octanol–water partition coefficient (Wildman–Crippen LogP) is 5.13. The van der Waals surface area contributed by atoms with E-state index in [4.69, 9.17) is 21.3 Å². The second-order valence-electron chi connectivity index (χ2n) is 7.43. The Morgan fingerprint density at radius 1 is 1.19 bits per heavy atom. The highest BCUT2D eigenvalue weighted by molar-refractivity contribution is 6.31. The lowest BCUT2D eigenvalue weighted by atomic mass is 9.98. The van der Waals surface area contributed by atoms with Crippen LogP contribution in [0.4, 0.5) is 0 Å². The summed E-state index contributed by atoms with van der Waals surface area (Å²) in [5.74, 6) is 0.545. The zero-order valence-corrected chi connectivity index (χ0v) is 18.5. The summed E-state index contributed by atoms with van der Waals surface area (Å²) in [6, 6.07) is 18.5. The van der Waals surface area contributed by atoms with E-state index in [1.54, 1.807) is 24.5 Å². The molecule has 1 amide bonds. The Morgan fingerprint density at radius 3 is 2.72 bits per heavy atom. The lowest BCUT2D eigenvalue weighted by molar-refractivity contribution is 0.0947. The van der Waals surface area contributed by atoms with Crippen molar-refractivity contribution in [3.63, 3.8) is 0 Å². The van der Waals surface area contributed by atoms with Gasteiger partial charge in [0.2, 0.25) is 0 Å². The molecule has 6 nitrogen and oxygen atoms in total. The molecule has 0 unspecified atom stereocenters. The van der Waals surface area contributed by atoms with Crippen molar-refractivity contribution in [3.05, 3.63) is 105 Å². The minimum atomic E-state index is -0.154. The van der Waals surface area contributed by atoms with Crippen LogP contribution in [0.25, 0.3) is 5.69 Å². The van der Waals surface area contributed by atoms with Crippen LogP contribution in [-0.4, -0.2) is 15.7 Å². The van der Waals surface area contributed by atoms with Crippen molar-refractivity contribution in [2.75, 3.05) is 0 Å². The molecule has 0 saturated carbocycles. The zero-order chi connectivity index (χ0) is 22.7. The minimum absolute atomic E-state index is 0.154. The highest BCUT2D eigenvalue weighted by Crippen LogP contribution is 2.25. The summed E-state index contributed by atoms with van der Waals surface area (Å²) >= 11 is 6.22. The van der Waals surface area contributed by atoms with Gasteiger partial charge in [-0.2, -0.15) is 10.4 Å². The van der Waals surface area contributed by atoms with Crippen molar-refractivity contribution in [3.8, 4) is 11.8 Å². The molecule has 160 valence electrons. The van der Waals surface area contributed by atoms with Gasteiger partial charge in [0.05, 0.1) is 34.8 Å². The molecule has 2 aromatic carbocycles. The predicted molar refractivity (Wildman–Crippen MR) is 122 cm³/mol. The number of amides is 1. The Labute approximate surface area is 191 Å². The van der Waals surface area contributed by atoms with Gasteiger partial charge in [0.15, 0.2) is 0 Å². The molecule has 4 rings (SSSR count). The van der Waals surface area contributed by atoms with E-state index >= 15 is 0 Å². The number of hydrogen-bond donors (Lipinski definition) is 1. The number of carbonyl (C=O) groups excluding carboxylic acids is 1. The standard InChI is InChI=1S/C25H21ClN4O2/c1-16-23(17(2)30(29-16)20-10-9-19(14-27)24(26)13-20)12-18-6-3-4-8-22(18)25(31)28-15-21-7-5-11-32-21/h3-11,13H,12,15H2,1-2H3,(H,28,31). The monoisotopic (exact) mass is 444 g/mol. The molecule has 0 fully saturated rings. The normalized spacial score (nSPS) is 10.7. The van der Waals surface area contributed by atoms with E-state index in [1.165, 1.54) is 0 Å². The van der Waals surface area contributed by atoms with Crippen LogP contribution in [0.2, 0.25) is 5.02 Å². The van der Waals surface area contributed by atoms with Crippen LogP contribution >= 0.6 is 11.6 Å². The van der Waals surface area contributed by atoms with Gasteiger partial charge in [-0.05, 0) is 55.8 Å². The number of halogens is 1. The molecule has 2 heterocycles. The molecule has 2 aromatic heterocycles. The quantitative estimate of drug-likeness (QED) is 0.447. The average Bonchev–Trinajstić information content (AvgIpc) is 3.41. The molecule has 0 radical (unpaired) electrons. The first kappa shape index (κ1) is 21.4. The second kappa shape index (κ2) is 9.13. The minimum Gasteiger partial charge on any atom is -0.467 e. The fourth-order valence-electron chi connectivity index (χ4n) is 3.67. The van der Waals surface area contributed by atoms with E-state index in [1.807, 2.05) is 54.9 Å². The Hall–Kier alpha value is -3.82. The van der Waals surface area contributed by atoms with Crippen molar-refractivity contribution < 1.29 is 9.21 Å². The highest BCUT2D eigenvalue weighted by atomic mass is 35.5. The van der Waals surface area contributed by atoms with Gasteiger partial charge in [-0.1, -0.05) is 29.8 Å². The first-order valence-corrected chi connectivity index (χ1v) is 10.5. The summed E-state index contributed by atoms with van der Waals surface area (Å²) in [6.45, 7) is 4.26. The summed E-state index contributed by atoms with van der Waals surface area (Å²) in [7, 11) is 0. The zero-order valence-electron chi connectivity index (χ0n) is 17.7. The van der Waals surface area contributed by atoms with Crippen LogP contribution in [0.3, 0.4) is 0 Å². The first-order valence-electron chi connectivity index (χ1n) is 10.1. The maximum Gasteiger partial charge on any atom is 0.251 e. The summed E-state index contributed by atoms with van der Waals surface area (Å²) in [5.41, 5.74) is 5.59. The fourth-order valence-corrected chi connectivity index (χ4v) is 3.89. The van der Waals surface area contributed by atoms with Gasteiger partial charge in [0, 0.05) is 23.2 Å². The summed E-state index contributed by atoms with van der Waals surface area (Å²) in [5, 5.41) is 17.1. The largest absolute Gasteiger partial charge is 0.467 e. The van der Waals surface area contributed by atoms with Crippen LogP contribution in [0, 0.1) is 25.2 Å². The number of nitrogens with zero attached hydrogens (tertiary/aromatic N) is 3. The molecule has 0 aliphatic heterocycles. The molecular weight excluding hydrogens is 424 g/mol. The number of furan rings is 1. The van der Waals surface area contributed by atoms with Gasteiger partial charge in [0.25, 0.3) is 5.91 Å². The maximum absolute atomic E-state index is 12.8. The van der Waals surface area contributed by atoms with Crippen LogP contribution < -0.4 is 5.32 Å². The van der Waals surface area contributed by atoms with Crippen molar-refractivity contribution in [1.29, 1.82) is 5.26 Å². The topological polar surface area (TPSA) is 83.8 Å². The molecule has 0 atom stereocenters. The van der Waals surface area contributed by atoms with Crippen LogP contribution in [-0.2, 0) is 13.0 Å². The van der Waals surface area contributed by atoms with E-state index < -0.39 is 0 Å². The van der Waals surface area contributed by atoms with Crippen molar-refractivity contribution >= 4 is 17.5 Å². The lowest BCUT2D eigenvalue weighted by Crippen LogP contribution is -2.23. The number of benzene rings is 2. The Morgan fingerprint density at radius 2 is 2.00 bits per heavy atom. The summed E-state index contributed by atoms with van der Waals surface area (Å²) in [4.78, 5) is 12.8. The van der Waals surface area contributed by atoms with Gasteiger partial charge in [0.1, 0.15) is 11.8 Å². The number of nitrogens with one attached hydrogen (secondary N) is 1. The molecular formula is C25H21ClN4O2. The van der Waals surface area contributed by atoms with E-state index in [0.717, 1.165) is 28.2 Å². The van der Waals surface area contributed by atoms with Gasteiger partial charge < -0.3 is 9.73 Å². The van der Waals surface area contributed by atoms with Crippen LogP contribution in [0.1, 0.15) is 44.2 Å². The fraction of sp³-hybridized carbons (Fsp3) is 0.160. The summed E-state index contributed by atoms with van der Waals surface area (Å²) in [6.07, 6.45) is 2.14. The van der Waals surface area contributed by atoms with Crippen molar-refractivity contribution in [2.45, 2.75) is 26.8 Å². The number of nitriles is 1. The van der Waals surface area contributed by atoms with Crippen molar-refractivity contribution in [2.24, 2.45) is 0 Å². The number of carbonyl (C=O) groups is 1. The van der Waals surface area contributed by atoms with Crippen LogP contribution in [0.5, 0.6) is 0 Å². The maximum atomic E-state index is 12.8. The average molecular weight is 445 g/mol. The lowest BCUT2D eigenvalue weighted by Gasteiger charge is -2.11. The molecule has 7 heteroatoms. The second-order valence-corrected chi connectivity index (χ2v) is 7.84. The number of hydrogen-bond acceptors (Lipinski definition) is 4. The number of rotatable bonds is 6. The molecule has 0 bridgehead atoms. The molecule has 0 spiro atoms. The highest BCUT2D eigenvalue weighted by Gasteiger charge is 2.18. The number of aromatic nitrogens is 2. The van der Waals surface area contributed by atoms with E-state index in [9.17, 15) is 4.79 Å². The SMILES string of the molecule is Cc1nn(-c2ccc(C#N)c(Cl)c2)c(C)c1Cc1ccccc1C(=O)NCc1ccco1. The Balaban J connectivity index is 1.61. The van der Waals surface area contributed by atoms with Gasteiger partial charge >= 0.3 is 0 Å². The third-order valence-electron chi connectivity index (χ3n) is 5.39. The summed E-state index contributed by atoms with van der Waals surface area (Å²) < 4.78 is 7.11. The molecule has 0 aliphatic rings. The Kier molecular flexibility index (Phi) is 6.11. The number of aryl methyl sites for hydroxylation is 1. The van der Waals surface area contributed by atoms with Crippen molar-refractivity contribution in [1.82, 2.24) is 15.1 Å².